The van der Waals surface area contributed by atoms with E-state index in [1.54, 1.807) is 42.5 Å². The van der Waals surface area contributed by atoms with Gasteiger partial charge in [-0.3, -0.25) is 9.59 Å². The molecule has 148 valence electrons. The van der Waals surface area contributed by atoms with Crippen molar-refractivity contribution in [3.05, 3.63) is 95.6 Å². The fourth-order valence-corrected chi connectivity index (χ4v) is 2.77. The molecular formula is C24H24N2O3. The highest BCUT2D eigenvalue weighted by Crippen LogP contribution is 2.17. The van der Waals surface area contributed by atoms with Crippen LogP contribution in [0.25, 0.3) is 0 Å². The van der Waals surface area contributed by atoms with Crippen molar-refractivity contribution < 1.29 is 14.3 Å². The summed E-state index contributed by atoms with van der Waals surface area (Å²) < 4.78 is 5.58. The van der Waals surface area contributed by atoms with E-state index in [0.717, 1.165) is 12.0 Å². The molecule has 0 bridgehead atoms. The second kappa shape index (κ2) is 10.1. The van der Waals surface area contributed by atoms with E-state index in [1.807, 2.05) is 43.3 Å². The van der Waals surface area contributed by atoms with Gasteiger partial charge in [0.1, 0.15) is 5.75 Å². The summed E-state index contributed by atoms with van der Waals surface area (Å²) >= 11 is 0. The maximum Gasteiger partial charge on any atom is 0.255 e. The van der Waals surface area contributed by atoms with Gasteiger partial charge < -0.3 is 15.4 Å². The third-order valence-corrected chi connectivity index (χ3v) is 4.25. The third kappa shape index (κ3) is 5.94. The summed E-state index contributed by atoms with van der Waals surface area (Å²) in [6.45, 7) is 3.07. The quantitative estimate of drug-likeness (QED) is 0.590. The first-order valence-corrected chi connectivity index (χ1v) is 9.62. The fraction of sp³-hybridized carbons (Fsp3) is 0.167. The highest BCUT2D eigenvalue weighted by molar-refractivity contribution is 6.05. The highest BCUT2D eigenvalue weighted by Gasteiger charge is 2.10. The summed E-state index contributed by atoms with van der Waals surface area (Å²) in [5.74, 6) is 0.210. The van der Waals surface area contributed by atoms with E-state index >= 15 is 0 Å². The Labute approximate surface area is 170 Å². The summed E-state index contributed by atoms with van der Waals surface area (Å²) in [5.41, 5.74) is 2.56. The molecule has 0 aliphatic carbocycles. The van der Waals surface area contributed by atoms with Crippen molar-refractivity contribution in [2.45, 2.75) is 19.9 Å². The standard InChI is InChI=1S/C24H24N2O3/c1-2-14-29-22-13-7-11-20(16-22)24(28)26-21-12-6-10-19(15-21)23(27)25-17-18-8-4-3-5-9-18/h3-13,15-16H,2,14,17H2,1H3,(H,25,27)(H,26,28). The predicted molar refractivity (Wildman–Crippen MR) is 114 cm³/mol. The number of amides is 2. The summed E-state index contributed by atoms with van der Waals surface area (Å²) in [6, 6.07) is 23.6. The number of rotatable bonds is 8. The van der Waals surface area contributed by atoms with E-state index in [1.165, 1.54) is 0 Å². The SMILES string of the molecule is CCCOc1cccc(C(=O)Nc2cccc(C(=O)NCc3ccccc3)c2)c1. The van der Waals surface area contributed by atoms with Crippen molar-refractivity contribution in [1.82, 2.24) is 5.32 Å². The van der Waals surface area contributed by atoms with E-state index in [4.69, 9.17) is 4.74 Å². The minimum absolute atomic E-state index is 0.195. The van der Waals surface area contributed by atoms with Crippen LogP contribution in [0, 0.1) is 0 Å². The molecule has 3 rings (SSSR count). The molecule has 5 heteroatoms. The molecule has 0 atom stereocenters. The minimum Gasteiger partial charge on any atom is -0.494 e. The largest absolute Gasteiger partial charge is 0.494 e. The second-order valence-electron chi connectivity index (χ2n) is 6.58. The number of hydrogen-bond acceptors (Lipinski definition) is 3. The number of anilines is 1. The van der Waals surface area contributed by atoms with Gasteiger partial charge in [-0.2, -0.15) is 0 Å². The lowest BCUT2D eigenvalue weighted by atomic mass is 10.1. The maximum absolute atomic E-state index is 12.6. The maximum atomic E-state index is 12.6. The van der Waals surface area contributed by atoms with E-state index in [9.17, 15) is 9.59 Å². The van der Waals surface area contributed by atoms with Crippen molar-refractivity contribution in [2.75, 3.05) is 11.9 Å². The van der Waals surface area contributed by atoms with Gasteiger partial charge in [0, 0.05) is 23.4 Å². The zero-order chi connectivity index (χ0) is 20.5. The first-order chi connectivity index (χ1) is 14.2. The Bertz CT molecular complexity index is 971. The Morgan fingerprint density at radius 3 is 2.31 bits per heavy atom. The Morgan fingerprint density at radius 2 is 1.55 bits per heavy atom. The van der Waals surface area contributed by atoms with Gasteiger partial charge in [-0.05, 0) is 48.4 Å². The zero-order valence-electron chi connectivity index (χ0n) is 16.4. The molecule has 0 aliphatic rings. The number of benzene rings is 3. The monoisotopic (exact) mass is 388 g/mol. The lowest BCUT2D eigenvalue weighted by Crippen LogP contribution is -2.23. The molecule has 0 fully saturated rings. The Balaban J connectivity index is 1.63. The first-order valence-electron chi connectivity index (χ1n) is 9.62. The lowest BCUT2D eigenvalue weighted by Gasteiger charge is -2.10. The van der Waals surface area contributed by atoms with Gasteiger partial charge in [0.15, 0.2) is 0 Å². The van der Waals surface area contributed by atoms with Gasteiger partial charge in [-0.25, -0.2) is 0 Å². The van der Waals surface area contributed by atoms with E-state index in [-0.39, 0.29) is 11.8 Å². The molecule has 0 heterocycles. The molecule has 0 saturated carbocycles. The van der Waals surface area contributed by atoms with Crippen LogP contribution in [0.5, 0.6) is 5.75 Å². The summed E-state index contributed by atoms with van der Waals surface area (Å²) in [7, 11) is 0. The first kappa shape index (κ1) is 20.1. The van der Waals surface area contributed by atoms with Gasteiger partial charge in [0.05, 0.1) is 6.61 Å². The smallest absolute Gasteiger partial charge is 0.255 e. The molecule has 0 radical (unpaired) electrons. The summed E-state index contributed by atoms with van der Waals surface area (Å²) in [6.07, 6.45) is 0.898. The topological polar surface area (TPSA) is 67.4 Å². The van der Waals surface area contributed by atoms with E-state index in [2.05, 4.69) is 10.6 Å². The van der Waals surface area contributed by atoms with Gasteiger partial charge in [0.2, 0.25) is 0 Å². The Hall–Kier alpha value is -3.60. The zero-order valence-corrected chi connectivity index (χ0v) is 16.4. The van der Waals surface area contributed by atoms with Crippen molar-refractivity contribution in [3.8, 4) is 5.75 Å². The highest BCUT2D eigenvalue weighted by atomic mass is 16.5. The van der Waals surface area contributed by atoms with Gasteiger partial charge in [-0.15, -0.1) is 0 Å². The molecule has 2 amide bonds. The number of ether oxygens (including phenoxy) is 1. The number of carbonyl (C=O) groups is 2. The van der Waals surface area contributed by atoms with Crippen LogP contribution in [0.4, 0.5) is 5.69 Å². The van der Waals surface area contributed by atoms with E-state index < -0.39 is 0 Å². The van der Waals surface area contributed by atoms with Gasteiger partial charge in [0.25, 0.3) is 11.8 Å². The summed E-state index contributed by atoms with van der Waals surface area (Å²) in [4.78, 5) is 25.0. The number of carbonyl (C=O) groups excluding carboxylic acids is 2. The molecule has 3 aromatic rings. The molecular weight excluding hydrogens is 364 g/mol. The fourth-order valence-electron chi connectivity index (χ4n) is 2.77. The molecule has 0 saturated heterocycles. The van der Waals surface area contributed by atoms with Crippen molar-refractivity contribution in [2.24, 2.45) is 0 Å². The molecule has 29 heavy (non-hydrogen) atoms. The average Bonchev–Trinajstić information content (AvgIpc) is 2.77. The molecule has 0 unspecified atom stereocenters. The van der Waals surface area contributed by atoms with Crippen LogP contribution in [0.3, 0.4) is 0 Å². The Morgan fingerprint density at radius 1 is 0.828 bits per heavy atom. The molecule has 2 N–H and O–H groups in total. The molecule has 3 aromatic carbocycles. The van der Waals surface area contributed by atoms with Crippen LogP contribution >= 0.6 is 0 Å². The van der Waals surface area contributed by atoms with Crippen molar-refractivity contribution in [1.29, 1.82) is 0 Å². The van der Waals surface area contributed by atoms with Crippen molar-refractivity contribution in [3.63, 3.8) is 0 Å². The van der Waals surface area contributed by atoms with Crippen LogP contribution in [0.2, 0.25) is 0 Å². The second-order valence-corrected chi connectivity index (χ2v) is 6.58. The molecule has 0 aliphatic heterocycles. The van der Waals surface area contributed by atoms with E-state index in [0.29, 0.717) is 35.7 Å². The van der Waals surface area contributed by atoms with Crippen LogP contribution in [0.1, 0.15) is 39.6 Å². The normalized spacial score (nSPS) is 10.2. The van der Waals surface area contributed by atoms with Gasteiger partial charge in [-0.1, -0.05) is 49.4 Å². The van der Waals surface area contributed by atoms with Crippen molar-refractivity contribution >= 4 is 17.5 Å². The van der Waals surface area contributed by atoms with Gasteiger partial charge >= 0.3 is 0 Å². The molecule has 0 aromatic heterocycles. The lowest BCUT2D eigenvalue weighted by molar-refractivity contribution is 0.0949. The van der Waals surface area contributed by atoms with Crippen LogP contribution < -0.4 is 15.4 Å². The molecule has 5 nitrogen and oxygen atoms in total. The van der Waals surface area contributed by atoms with Crippen LogP contribution in [-0.4, -0.2) is 18.4 Å². The summed E-state index contributed by atoms with van der Waals surface area (Å²) in [5, 5.41) is 5.72. The number of nitrogens with one attached hydrogen (secondary N) is 2. The number of hydrogen-bond donors (Lipinski definition) is 2. The Kier molecular flexibility index (Phi) is 7.00. The molecule has 0 spiro atoms. The third-order valence-electron chi connectivity index (χ3n) is 4.25. The average molecular weight is 388 g/mol. The minimum atomic E-state index is -0.256. The predicted octanol–water partition coefficient (Wildman–Crippen LogP) is 4.66. The van der Waals surface area contributed by atoms with Crippen LogP contribution in [0.15, 0.2) is 78.9 Å². The van der Waals surface area contributed by atoms with Crippen LogP contribution in [-0.2, 0) is 6.54 Å².